The Morgan fingerprint density at radius 3 is 2.88 bits per heavy atom. The quantitative estimate of drug-likeness (QED) is 0.609. The lowest BCUT2D eigenvalue weighted by atomic mass is 10.1. The van der Waals surface area contributed by atoms with E-state index < -0.39 is 0 Å². The second-order valence-electron chi connectivity index (χ2n) is 5.93. The number of aromatic amines is 1. The van der Waals surface area contributed by atoms with Crippen molar-refractivity contribution in [3.05, 3.63) is 58.5 Å². The fraction of sp³-hybridized carbons (Fsp3) is 0.222. The highest BCUT2D eigenvalue weighted by Crippen LogP contribution is 2.24. The number of nitrogens with one attached hydrogen (secondary N) is 1. The zero-order valence-corrected chi connectivity index (χ0v) is 14.7. The summed E-state index contributed by atoms with van der Waals surface area (Å²) in [5, 5.41) is 8.63. The molecule has 0 aliphatic heterocycles. The summed E-state index contributed by atoms with van der Waals surface area (Å²) in [4.78, 5) is 20.2. The molecule has 0 amide bonds. The van der Waals surface area contributed by atoms with E-state index in [9.17, 15) is 4.79 Å². The van der Waals surface area contributed by atoms with Gasteiger partial charge in [0.05, 0.1) is 19.5 Å². The topological polar surface area (TPSA) is 90.1 Å². The first-order valence-corrected chi connectivity index (χ1v) is 8.27. The highest BCUT2D eigenvalue weighted by atomic mass is 16.5. The van der Waals surface area contributed by atoms with Crippen molar-refractivity contribution < 1.29 is 4.74 Å². The van der Waals surface area contributed by atoms with E-state index in [2.05, 4.69) is 20.2 Å². The number of rotatable bonds is 4. The van der Waals surface area contributed by atoms with Crippen LogP contribution < -0.4 is 10.3 Å². The monoisotopic (exact) mass is 350 g/mol. The third-order valence-electron chi connectivity index (χ3n) is 4.41. The van der Waals surface area contributed by atoms with Crippen molar-refractivity contribution >= 4 is 5.65 Å². The van der Waals surface area contributed by atoms with Gasteiger partial charge >= 0.3 is 0 Å². The standard InChI is InChI=1S/C18H18N6O2/c1-4-14-11(2)22-17-15(9-21-24(17)18(14)25)12-8-20-23(10-12)16-7-13(26-3)5-6-19-16/h5-10,22H,4H2,1-3H3. The van der Waals surface area contributed by atoms with Gasteiger partial charge in [-0.15, -0.1) is 0 Å². The molecule has 0 aliphatic rings. The number of H-pyrrole nitrogens is 1. The van der Waals surface area contributed by atoms with Crippen molar-refractivity contribution in [2.75, 3.05) is 7.11 Å². The molecule has 0 fully saturated rings. The Hall–Kier alpha value is -3.42. The number of ether oxygens (including phenoxy) is 1. The Labute approximate surface area is 149 Å². The van der Waals surface area contributed by atoms with Crippen LogP contribution in [0.2, 0.25) is 0 Å². The number of aromatic nitrogens is 6. The summed E-state index contributed by atoms with van der Waals surface area (Å²) in [6, 6.07) is 3.57. The maximum absolute atomic E-state index is 12.6. The Morgan fingerprint density at radius 1 is 1.27 bits per heavy atom. The summed E-state index contributed by atoms with van der Waals surface area (Å²) >= 11 is 0. The molecule has 26 heavy (non-hydrogen) atoms. The van der Waals surface area contributed by atoms with E-state index in [0.717, 1.165) is 22.4 Å². The lowest BCUT2D eigenvalue weighted by Crippen LogP contribution is -2.21. The lowest BCUT2D eigenvalue weighted by molar-refractivity contribution is 0.414. The number of nitrogens with zero attached hydrogens (tertiary/aromatic N) is 5. The van der Waals surface area contributed by atoms with Crippen LogP contribution in [-0.2, 0) is 6.42 Å². The second kappa shape index (κ2) is 6.14. The molecule has 4 rings (SSSR count). The summed E-state index contributed by atoms with van der Waals surface area (Å²) in [5.41, 5.74) is 3.80. The highest BCUT2D eigenvalue weighted by Gasteiger charge is 2.15. The van der Waals surface area contributed by atoms with Gasteiger partial charge < -0.3 is 9.72 Å². The molecule has 0 aromatic carbocycles. The van der Waals surface area contributed by atoms with Gasteiger partial charge in [0.15, 0.2) is 5.82 Å². The Bertz CT molecular complexity index is 1150. The zero-order valence-electron chi connectivity index (χ0n) is 14.7. The van der Waals surface area contributed by atoms with Gasteiger partial charge in [0.2, 0.25) is 0 Å². The second-order valence-corrected chi connectivity index (χ2v) is 5.93. The minimum atomic E-state index is -0.0909. The fourth-order valence-electron chi connectivity index (χ4n) is 3.03. The predicted octanol–water partition coefficient (Wildman–Crippen LogP) is 2.15. The minimum absolute atomic E-state index is 0.0909. The molecule has 0 bridgehead atoms. The highest BCUT2D eigenvalue weighted by molar-refractivity contribution is 5.76. The Balaban J connectivity index is 1.82. The van der Waals surface area contributed by atoms with Crippen LogP contribution in [0.25, 0.3) is 22.6 Å². The molecule has 4 heterocycles. The molecule has 132 valence electrons. The first kappa shape index (κ1) is 16.1. The van der Waals surface area contributed by atoms with E-state index in [1.54, 1.807) is 42.5 Å². The molecular formula is C18H18N6O2. The first-order valence-electron chi connectivity index (χ1n) is 8.27. The van der Waals surface area contributed by atoms with Crippen LogP contribution in [-0.4, -0.2) is 36.5 Å². The zero-order chi connectivity index (χ0) is 18.3. The van der Waals surface area contributed by atoms with Gasteiger partial charge in [-0.1, -0.05) is 6.92 Å². The molecule has 8 heteroatoms. The van der Waals surface area contributed by atoms with Gasteiger partial charge in [-0.3, -0.25) is 4.79 Å². The van der Waals surface area contributed by atoms with Crippen LogP contribution in [0.15, 0.2) is 41.7 Å². The third kappa shape index (κ3) is 2.46. The maximum atomic E-state index is 12.6. The average Bonchev–Trinajstić information content (AvgIpc) is 3.29. The Morgan fingerprint density at radius 2 is 2.12 bits per heavy atom. The van der Waals surface area contributed by atoms with Crippen LogP contribution in [0.3, 0.4) is 0 Å². The number of hydrogen-bond donors (Lipinski definition) is 1. The number of aryl methyl sites for hydroxylation is 1. The van der Waals surface area contributed by atoms with Crippen LogP contribution in [0.4, 0.5) is 0 Å². The Kier molecular flexibility index (Phi) is 3.80. The van der Waals surface area contributed by atoms with Crippen molar-refractivity contribution in [1.29, 1.82) is 0 Å². The van der Waals surface area contributed by atoms with Crippen molar-refractivity contribution in [3.8, 4) is 22.7 Å². The minimum Gasteiger partial charge on any atom is -0.497 e. The van der Waals surface area contributed by atoms with E-state index in [-0.39, 0.29) is 5.56 Å². The fourth-order valence-corrected chi connectivity index (χ4v) is 3.03. The summed E-state index contributed by atoms with van der Waals surface area (Å²) in [7, 11) is 1.61. The third-order valence-corrected chi connectivity index (χ3v) is 4.41. The largest absolute Gasteiger partial charge is 0.497 e. The molecule has 0 saturated heterocycles. The van der Waals surface area contributed by atoms with E-state index in [4.69, 9.17) is 4.74 Å². The average molecular weight is 350 g/mol. The summed E-state index contributed by atoms with van der Waals surface area (Å²) in [5.74, 6) is 1.35. The number of hydrogen-bond acceptors (Lipinski definition) is 5. The van der Waals surface area contributed by atoms with Gasteiger partial charge in [0, 0.05) is 40.8 Å². The smallest absolute Gasteiger partial charge is 0.277 e. The number of pyridine rings is 1. The molecule has 0 unspecified atom stereocenters. The van der Waals surface area contributed by atoms with Crippen molar-refractivity contribution in [2.24, 2.45) is 0 Å². The summed E-state index contributed by atoms with van der Waals surface area (Å²) in [6.45, 7) is 3.86. The van der Waals surface area contributed by atoms with Crippen LogP contribution in [0.5, 0.6) is 5.75 Å². The van der Waals surface area contributed by atoms with Crippen LogP contribution in [0, 0.1) is 6.92 Å². The van der Waals surface area contributed by atoms with Gasteiger partial charge in [0.25, 0.3) is 5.56 Å². The van der Waals surface area contributed by atoms with Gasteiger partial charge in [-0.05, 0) is 19.4 Å². The van der Waals surface area contributed by atoms with Gasteiger partial charge in [-0.25, -0.2) is 9.67 Å². The lowest BCUT2D eigenvalue weighted by Gasteiger charge is -2.04. The molecule has 4 aromatic rings. The molecule has 0 radical (unpaired) electrons. The van der Waals surface area contributed by atoms with Crippen molar-refractivity contribution in [3.63, 3.8) is 0 Å². The van der Waals surface area contributed by atoms with Crippen molar-refractivity contribution in [2.45, 2.75) is 20.3 Å². The van der Waals surface area contributed by atoms with Crippen LogP contribution >= 0.6 is 0 Å². The molecule has 0 aliphatic carbocycles. The molecule has 8 nitrogen and oxygen atoms in total. The summed E-state index contributed by atoms with van der Waals surface area (Å²) in [6.07, 6.45) is 7.57. The maximum Gasteiger partial charge on any atom is 0.277 e. The molecule has 0 spiro atoms. The number of fused-ring (bicyclic) bond motifs is 1. The molecule has 4 aromatic heterocycles. The molecule has 0 atom stereocenters. The molecule has 1 N–H and O–H groups in total. The van der Waals surface area contributed by atoms with E-state index in [1.165, 1.54) is 4.52 Å². The van der Waals surface area contributed by atoms with E-state index >= 15 is 0 Å². The predicted molar refractivity (Wildman–Crippen MR) is 96.8 cm³/mol. The van der Waals surface area contributed by atoms with E-state index in [1.807, 2.05) is 20.0 Å². The molecule has 0 saturated carbocycles. The summed E-state index contributed by atoms with van der Waals surface area (Å²) < 4.78 is 8.29. The van der Waals surface area contributed by atoms with Gasteiger partial charge in [-0.2, -0.15) is 14.7 Å². The van der Waals surface area contributed by atoms with Crippen molar-refractivity contribution in [1.82, 2.24) is 29.4 Å². The molecular weight excluding hydrogens is 332 g/mol. The first-order chi connectivity index (χ1) is 12.6. The number of methoxy groups -OCH3 is 1. The van der Waals surface area contributed by atoms with E-state index in [0.29, 0.717) is 23.6 Å². The van der Waals surface area contributed by atoms with Crippen LogP contribution in [0.1, 0.15) is 18.2 Å². The SMILES string of the molecule is CCc1c(C)[nH]c2c(-c3cnn(-c4cc(OC)ccn4)c3)cnn2c1=O. The van der Waals surface area contributed by atoms with Gasteiger partial charge in [0.1, 0.15) is 11.4 Å². The normalized spacial score (nSPS) is 11.2.